The fourth-order valence-electron chi connectivity index (χ4n) is 1.79. The molecule has 1 amide bonds. The summed E-state index contributed by atoms with van der Waals surface area (Å²) in [5.41, 5.74) is 4.64. The quantitative estimate of drug-likeness (QED) is 0.337. The molecule has 7 nitrogen and oxygen atoms in total. The van der Waals surface area contributed by atoms with Gasteiger partial charge in [0, 0.05) is 13.0 Å². The highest BCUT2D eigenvalue weighted by atomic mass is 19.4. The Hall–Kier alpha value is -2.78. The van der Waals surface area contributed by atoms with Crippen LogP contribution < -0.4 is 11.1 Å². The number of amides is 1. The highest BCUT2D eigenvalue weighted by molar-refractivity contribution is 5.83. The molecule has 27 heavy (non-hydrogen) atoms. The van der Waals surface area contributed by atoms with Crippen molar-refractivity contribution in [2.45, 2.75) is 45.4 Å². The molecule has 1 aromatic rings. The Balaban J connectivity index is 2.39. The van der Waals surface area contributed by atoms with Crippen molar-refractivity contribution in [1.82, 2.24) is 5.32 Å². The maximum Gasteiger partial charge on any atom is 0.416 e. The molecule has 0 radical (unpaired) electrons. The average molecular weight is 389 g/mol. The highest BCUT2D eigenvalue weighted by Crippen LogP contribution is 2.29. The lowest BCUT2D eigenvalue weighted by Crippen LogP contribution is -2.33. The summed E-state index contributed by atoms with van der Waals surface area (Å²) in [7, 11) is 0. The van der Waals surface area contributed by atoms with Crippen LogP contribution in [-0.2, 0) is 27.0 Å². The van der Waals surface area contributed by atoms with Gasteiger partial charge in [-0.1, -0.05) is 17.3 Å². The summed E-state index contributed by atoms with van der Waals surface area (Å²) < 4.78 is 42.4. The second-order valence-electron chi connectivity index (χ2n) is 6.60. The minimum atomic E-state index is -4.42. The Bertz CT molecular complexity index is 680. The predicted octanol–water partition coefficient (Wildman–Crippen LogP) is 2.98. The Labute approximate surface area is 154 Å². The van der Waals surface area contributed by atoms with Gasteiger partial charge in [-0.25, -0.2) is 9.59 Å². The zero-order valence-electron chi connectivity index (χ0n) is 15.2. The maximum absolute atomic E-state index is 12.5. The van der Waals surface area contributed by atoms with Crippen molar-refractivity contribution in [3.63, 3.8) is 0 Å². The molecule has 0 bridgehead atoms. The summed E-state index contributed by atoms with van der Waals surface area (Å²) in [4.78, 5) is 27.5. The molecule has 0 heterocycles. The number of ether oxygens (including phenoxy) is 1. The third-order valence-corrected chi connectivity index (χ3v) is 2.93. The molecule has 0 unspecified atom stereocenters. The number of alkyl halides is 3. The molecule has 1 aromatic carbocycles. The number of hydrogen-bond acceptors (Lipinski definition) is 5. The number of benzene rings is 1. The van der Waals surface area contributed by atoms with E-state index in [-0.39, 0.29) is 25.2 Å². The third kappa shape index (κ3) is 9.47. The first-order valence-electron chi connectivity index (χ1n) is 8.02. The van der Waals surface area contributed by atoms with Gasteiger partial charge in [0.1, 0.15) is 11.4 Å². The second kappa shape index (κ2) is 9.24. The standard InChI is InChI=1S/C17H22F3N3O4/c1-16(2,3)26-15(25)22-9-8-14(24)27-23-13(21)10-11-4-6-12(7-5-11)17(18,19)20/h4-7H,8-10H2,1-3H3,(H2,21,23)(H,22,25). The van der Waals surface area contributed by atoms with Crippen molar-refractivity contribution < 1.29 is 32.3 Å². The number of halogens is 3. The lowest BCUT2D eigenvalue weighted by Gasteiger charge is -2.19. The van der Waals surface area contributed by atoms with Gasteiger partial charge in [0.25, 0.3) is 0 Å². The first-order valence-corrected chi connectivity index (χ1v) is 8.02. The van der Waals surface area contributed by atoms with Gasteiger partial charge >= 0.3 is 18.2 Å². The molecule has 0 aliphatic carbocycles. The van der Waals surface area contributed by atoms with E-state index in [1.807, 2.05) is 0 Å². The fourth-order valence-corrected chi connectivity index (χ4v) is 1.79. The molecule has 3 N–H and O–H groups in total. The minimum absolute atomic E-state index is 0.0118. The van der Waals surface area contributed by atoms with Crippen molar-refractivity contribution in [3.8, 4) is 0 Å². The van der Waals surface area contributed by atoms with Gasteiger partial charge < -0.3 is 20.6 Å². The zero-order chi connectivity index (χ0) is 20.7. The monoisotopic (exact) mass is 389 g/mol. The smallest absolute Gasteiger partial charge is 0.416 e. The van der Waals surface area contributed by atoms with Crippen LogP contribution >= 0.6 is 0 Å². The summed E-state index contributed by atoms with van der Waals surface area (Å²) in [6.45, 7) is 5.10. The Morgan fingerprint density at radius 3 is 2.26 bits per heavy atom. The highest BCUT2D eigenvalue weighted by Gasteiger charge is 2.29. The van der Waals surface area contributed by atoms with E-state index < -0.39 is 29.4 Å². The van der Waals surface area contributed by atoms with Crippen molar-refractivity contribution in [1.29, 1.82) is 0 Å². The van der Waals surface area contributed by atoms with Crippen molar-refractivity contribution in [3.05, 3.63) is 35.4 Å². The van der Waals surface area contributed by atoms with Gasteiger partial charge in [0.2, 0.25) is 0 Å². The van der Waals surface area contributed by atoms with Crippen molar-refractivity contribution in [2.75, 3.05) is 6.54 Å². The summed E-state index contributed by atoms with van der Waals surface area (Å²) >= 11 is 0. The normalized spacial score (nSPS) is 12.4. The molecule has 0 saturated heterocycles. The van der Waals surface area contributed by atoms with Crippen LogP contribution in [0.25, 0.3) is 0 Å². The lowest BCUT2D eigenvalue weighted by atomic mass is 10.1. The summed E-state index contributed by atoms with van der Waals surface area (Å²) in [5.74, 6) is -0.815. The molecule has 0 fully saturated rings. The zero-order valence-corrected chi connectivity index (χ0v) is 15.2. The number of oxime groups is 1. The number of alkyl carbamates (subject to hydrolysis) is 1. The molecule has 0 aliphatic rings. The van der Waals surface area contributed by atoms with Crippen molar-refractivity contribution in [2.24, 2.45) is 10.9 Å². The van der Waals surface area contributed by atoms with Crippen LogP contribution in [0, 0.1) is 0 Å². The number of carbonyl (C=O) groups is 2. The van der Waals surface area contributed by atoms with Crippen LogP contribution in [0.5, 0.6) is 0 Å². The molecule has 0 saturated carbocycles. The summed E-state index contributed by atoms with van der Waals surface area (Å²) in [6.07, 6.45) is -5.22. The van der Waals surface area contributed by atoms with Gasteiger partial charge in [0.05, 0.1) is 12.0 Å². The van der Waals surface area contributed by atoms with Gasteiger partial charge in [-0.3, -0.25) is 0 Å². The Morgan fingerprint density at radius 1 is 1.15 bits per heavy atom. The molecule has 0 aliphatic heterocycles. The first-order chi connectivity index (χ1) is 12.4. The molecule has 0 spiro atoms. The van der Waals surface area contributed by atoms with Gasteiger partial charge in [-0.15, -0.1) is 0 Å². The van der Waals surface area contributed by atoms with Crippen molar-refractivity contribution >= 4 is 17.9 Å². The van der Waals surface area contributed by atoms with E-state index in [0.717, 1.165) is 12.1 Å². The largest absolute Gasteiger partial charge is 0.444 e. The Morgan fingerprint density at radius 2 is 1.74 bits per heavy atom. The van der Waals surface area contributed by atoms with E-state index in [1.165, 1.54) is 12.1 Å². The molecular formula is C17H22F3N3O4. The predicted molar refractivity (Wildman–Crippen MR) is 91.7 cm³/mol. The number of rotatable bonds is 6. The van der Waals surface area contributed by atoms with Crippen LogP contribution in [0.2, 0.25) is 0 Å². The molecule has 0 atom stereocenters. The second-order valence-corrected chi connectivity index (χ2v) is 6.60. The van der Waals surface area contributed by atoms with Gasteiger partial charge in [0.15, 0.2) is 0 Å². The third-order valence-electron chi connectivity index (χ3n) is 2.93. The van der Waals surface area contributed by atoms with Crippen LogP contribution in [0.1, 0.15) is 38.3 Å². The number of carbonyl (C=O) groups excluding carboxylic acids is 2. The number of amidine groups is 1. The molecule has 10 heteroatoms. The SMILES string of the molecule is CC(C)(C)OC(=O)NCCC(=O)O/N=C(\N)Cc1ccc(C(F)(F)F)cc1. The van der Waals surface area contributed by atoms with Gasteiger partial charge in [-0.05, 0) is 38.5 Å². The van der Waals surface area contributed by atoms with Gasteiger partial charge in [-0.2, -0.15) is 13.2 Å². The maximum atomic E-state index is 12.5. The van der Waals surface area contributed by atoms with Crippen LogP contribution in [0.4, 0.5) is 18.0 Å². The number of hydrogen-bond donors (Lipinski definition) is 2. The lowest BCUT2D eigenvalue weighted by molar-refractivity contribution is -0.143. The molecule has 150 valence electrons. The topological polar surface area (TPSA) is 103 Å². The molecular weight excluding hydrogens is 367 g/mol. The van der Waals surface area contributed by atoms with Crippen LogP contribution in [0.15, 0.2) is 29.4 Å². The number of nitrogens with zero attached hydrogens (tertiary/aromatic N) is 1. The minimum Gasteiger partial charge on any atom is -0.444 e. The molecule has 0 aromatic heterocycles. The average Bonchev–Trinajstić information content (AvgIpc) is 2.51. The van der Waals surface area contributed by atoms with Crippen LogP contribution in [0.3, 0.4) is 0 Å². The van der Waals surface area contributed by atoms with E-state index in [0.29, 0.717) is 5.56 Å². The number of nitrogens with two attached hydrogens (primary N) is 1. The van der Waals surface area contributed by atoms with E-state index >= 15 is 0 Å². The summed E-state index contributed by atoms with van der Waals surface area (Å²) in [5, 5.41) is 5.81. The fraction of sp³-hybridized carbons (Fsp3) is 0.471. The van der Waals surface area contributed by atoms with E-state index in [4.69, 9.17) is 10.5 Å². The van der Waals surface area contributed by atoms with E-state index in [9.17, 15) is 22.8 Å². The molecule has 1 rings (SSSR count). The first kappa shape index (κ1) is 22.3. The Kier molecular flexibility index (Phi) is 7.62. The number of nitrogens with one attached hydrogen (secondary N) is 1. The van der Waals surface area contributed by atoms with E-state index in [1.54, 1.807) is 20.8 Å². The summed E-state index contributed by atoms with van der Waals surface area (Å²) in [6, 6.07) is 4.38. The van der Waals surface area contributed by atoms with E-state index in [2.05, 4.69) is 15.3 Å². The van der Waals surface area contributed by atoms with Crippen LogP contribution in [-0.4, -0.2) is 30.0 Å².